The topological polar surface area (TPSA) is 82.0 Å². The molecule has 20 heavy (non-hydrogen) atoms. The number of allylic oxidation sites excluding steroid dienone is 1. The summed E-state index contributed by atoms with van der Waals surface area (Å²) in [6.07, 6.45) is 7.85. The van der Waals surface area contributed by atoms with Gasteiger partial charge in [-0.25, -0.2) is 4.79 Å². The van der Waals surface area contributed by atoms with Crippen molar-refractivity contribution < 1.29 is 0 Å². The molecular weight excluding hydrogens is 256 g/mol. The second-order valence-electron chi connectivity index (χ2n) is 5.18. The van der Waals surface area contributed by atoms with Gasteiger partial charge in [0.25, 0.3) is 5.56 Å². The molecule has 0 bridgehead atoms. The van der Waals surface area contributed by atoms with Crippen molar-refractivity contribution in [3.8, 4) is 0 Å². The van der Waals surface area contributed by atoms with E-state index in [4.69, 9.17) is 5.73 Å². The normalized spacial score (nSPS) is 18.2. The van der Waals surface area contributed by atoms with E-state index in [1.54, 1.807) is 0 Å². The molecule has 1 aliphatic carbocycles. The number of nitrogen functional groups attached to an aromatic ring is 1. The fourth-order valence-corrected chi connectivity index (χ4v) is 2.49. The molecule has 0 saturated carbocycles. The van der Waals surface area contributed by atoms with Crippen LogP contribution in [0.3, 0.4) is 0 Å². The van der Waals surface area contributed by atoms with Gasteiger partial charge in [0.15, 0.2) is 0 Å². The number of hydrogen-bond donors (Lipinski definition) is 2. The van der Waals surface area contributed by atoms with Crippen LogP contribution in [-0.4, -0.2) is 15.2 Å². The van der Waals surface area contributed by atoms with Gasteiger partial charge in [0, 0.05) is 19.6 Å². The van der Waals surface area contributed by atoms with Crippen LogP contribution >= 0.6 is 0 Å². The van der Waals surface area contributed by atoms with E-state index >= 15 is 0 Å². The molecule has 3 N–H and O–H groups in total. The van der Waals surface area contributed by atoms with Crippen molar-refractivity contribution in [2.24, 2.45) is 7.05 Å². The molecular formula is C14H22N4O2. The molecule has 0 radical (unpaired) electrons. The van der Waals surface area contributed by atoms with E-state index in [1.165, 1.54) is 11.6 Å². The van der Waals surface area contributed by atoms with Crippen LogP contribution in [0.4, 0.5) is 11.5 Å². The van der Waals surface area contributed by atoms with Crippen LogP contribution < -0.4 is 22.3 Å². The van der Waals surface area contributed by atoms with E-state index in [2.05, 4.69) is 17.5 Å². The van der Waals surface area contributed by atoms with E-state index in [0.29, 0.717) is 12.2 Å². The Morgan fingerprint density at radius 3 is 2.75 bits per heavy atom. The summed E-state index contributed by atoms with van der Waals surface area (Å²) in [4.78, 5) is 24.3. The Bertz CT molecular complexity index is 627. The first-order valence-electron chi connectivity index (χ1n) is 7.07. The number of nitrogens with one attached hydrogen (secondary N) is 1. The van der Waals surface area contributed by atoms with Crippen molar-refractivity contribution in [2.75, 3.05) is 11.1 Å². The first-order valence-corrected chi connectivity index (χ1v) is 7.07. The van der Waals surface area contributed by atoms with Gasteiger partial charge in [0.1, 0.15) is 11.5 Å². The minimum atomic E-state index is -0.358. The molecule has 1 aromatic rings. The lowest BCUT2D eigenvalue weighted by atomic mass is 10.0. The zero-order chi connectivity index (χ0) is 14.7. The summed E-state index contributed by atoms with van der Waals surface area (Å²) in [5, 5.41) is 3.21. The van der Waals surface area contributed by atoms with Crippen LogP contribution in [-0.2, 0) is 13.6 Å². The van der Waals surface area contributed by atoms with Gasteiger partial charge in [-0.2, -0.15) is 0 Å². The summed E-state index contributed by atoms with van der Waals surface area (Å²) in [5.41, 5.74) is 5.66. The molecule has 1 atom stereocenters. The maximum atomic E-state index is 12.2. The summed E-state index contributed by atoms with van der Waals surface area (Å²) in [7, 11) is 1.49. The lowest BCUT2D eigenvalue weighted by molar-refractivity contribution is 0.593. The second-order valence-corrected chi connectivity index (χ2v) is 5.18. The van der Waals surface area contributed by atoms with E-state index in [9.17, 15) is 9.59 Å². The van der Waals surface area contributed by atoms with Gasteiger partial charge in [-0.3, -0.25) is 13.9 Å². The van der Waals surface area contributed by atoms with Crippen molar-refractivity contribution in [1.29, 1.82) is 0 Å². The minimum Gasteiger partial charge on any atom is -0.383 e. The zero-order valence-electron chi connectivity index (χ0n) is 12.1. The molecule has 0 spiro atoms. The third-order valence-corrected chi connectivity index (χ3v) is 3.65. The Balaban J connectivity index is 2.43. The third-order valence-electron chi connectivity index (χ3n) is 3.65. The Morgan fingerprint density at radius 1 is 1.40 bits per heavy atom. The summed E-state index contributed by atoms with van der Waals surface area (Å²) in [6.45, 7) is 2.48. The average Bonchev–Trinajstić information content (AvgIpc) is 2.47. The first-order chi connectivity index (χ1) is 9.56. The largest absolute Gasteiger partial charge is 0.383 e. The highest BCUT2D eigenvalue weighted by Crippen LogP contribution is 2.18. The molecule has 1 aliphatic rings. The fraction of sp³-hybridized carbons (Fsp3) is 0.571. The second kappa shape index (κ2) is 5.98. The molecule has 0 aromatic carbocycles. The Labute approximate surface area is 117 Å². The first kappa shape index (κ1) is 14.4. The van der Waals surface area contributed by atoms with Gasteiger partial charge >= 0.3 is 5.69 Å². The molecule has 0 saturated heterocycles. The van der Waals surface area contributed by atoms with Crippen molar-refractivity contribution in [2.45, 2.75) is 45.2 Å². The van der Waals surface area contributed by atoms with Crippen molar-refractivity contribution in [3.63, 3.8) is 0 Å². The summed E-state index contributed by atoms with van der Waals surface area (Å²) < 4.78 is 2.58. The SMILES string of the molecule is CCCn1c(N)c(NC2CC=CCC2)c(=O)n(C)c1=O. The van der Waals surface area contributed by atoms with Crippen LogP contribution in [0.25, 0.3) is 0 Å². The summed E-state index contributed by atoms with van der Waals surface area (Å²) >= 11 is 0. The lowest BCUT2D eigenvalue weighted by Crippen LogP contribution is -2.41. The number of rotatable bonds is 4. The maximum absolute atomic E-state index is 12.2. The van der Waals surface area contributed by atoms with Crippen LogP contribution in [0.15, 0.2) is 21.7 Å². The number of anilines is 2. The lowest BCUT2D eigenvalue weighted by Gasteiger charge is -2.22. The van der Waals surface area contributed by atoms with E-state index in [1.807, 2.05) is 6.92 Å². The Hall–Kier alpha value is -1.98. The van der Waals surface area contributed by atoms with E-state index in [-0.39, 0.29) is 23.1 Å². The van der Waals surface area contributed by atoms with Gasteiger partial charge in [0.05, 0.1) is 0 Å². The van der Waals surface area contributed by atoms with Gasteiger partial charge in [-0.05, 0) is 25.7 Å². The molecule has 0 amide bonds. The Kier molecular flexibility index (Phi) is 4.32. The maximum Gasteiger partial charge on any atom is 0.332 e. The summed E-state index contributed by atoms with van der Waals surface area (Å²) in [5.74, 6) is 0.245. The molecule has 1 heterocycles. The molecule has 6 nitrogen and oxygen atoms in total. The fourth-order valence-electron chi connectivity index (χ4n) is 2.49. The predicted octanol–water partition coefficient (Wildman–Crippen LogP) is 1.06. The van der Waals surface area contributed by atoms with Crippen LogP contribution in [0.2, 0.25) is 0 Å². The van der Waals surface area contributed by atoms with Crippen molar-refractivity contribution >= 4 is 11.5 Å². The molecule has 2 rings (SSSR count). The standard InChI is InChI=1S/C14H22N4O2/c1-3-9-18-12(15)11(13(19)17(2)14(18)20)16-10-7-5-4-6-8-10/h4-5,10,16H,3,6-9,15H2,1-2H3. The Morgan fingerprint density at radius 2 is 2.15 bits per heavy atom. The minimum absolute atomic E-state index is 0.197. The van der Waals surface area contributed by atoms with Crippen LogP contribution in [0, 0.1) is 0 Å². The smallest absolute Gasteiger partial charge is 0.332 e. The highest BCUT2D eigenvalue weighted by atomic mass is 16.2. The van der Waals surface area contributed by atoms with E-state index < -0.39 is 0 Å². The van der Waals surface area contributed by atoms with Crippen LogP contribution in [0.1, 0.15) is 32.6 Å². The van der Waals surface area contributed by atoms with Gasteiger partial charge < -0.3 is 11.1 Å². The van der Waals surface area contributed by atoms with Gasteiger partial charge in [-0.15, -0.1) is 0 Å². The van der Waals surface area contributed by atoms with Gasteiger partial charge in [-0.1, -0.05) is 19.1 Å². The third kappa shape index (κ3) is 2.64. The molecule has 0 aliphatic heterocycles. The molecule has 6 heteroatoms. The molecule has 1 aromatic heterocycles. The predicted molar refractivity (Wildman–Crippen MR) is 81.0 cm³/mol. The quantitative estimate of drug-likeness (QED) is 0.807. The number of hydrogen-bond acceptors (Lipinski definition) is 4. The molecule has 0 fully saturated rings. The average molecular weight is 278 g/mol. The highest BCUT2D eigenvalue weighted by molar-refractivity contribution is 5.61. The van der Waals surface area contributed by atoms with Gasteiger partial charge in [0.2, 0.25) is 0 Å². The van der Waals surface area contributed by atoms with Crippen molar-refractivity contribution in [1.82, 2.24) is 9.13 Å². The molecule has 110 valence electrons. The van der Waals surface area contributed by atoms with E-state index in [0.717, 1.165) is 30.3 Å². The monoisotopic (exact) mass is 278 g/mol. The number of nitrogens with two attached hydrogens (primary N) is 1. The zero-order valence-corrected chi connectivity index (χ0v) is 12.1. The molecule has 1 unspecified atom stereocenters. The highest BCUT2D eigenvalue weighted by Gasteiger charge is 2.18. The summed E-state index contributed by atoms with van der Waals surface area (Å²) in [6, 6.07) is 0.197. The van der Waals surface area contributed by atoms with Crippen molar-refractivity contribution in [3.05, 3.63) is 33.0 Å². The number of nitrogens with zero attached hydrogens (tertiary/aromatic N) is 2. The number of aromatic nitrogens is 2. The van der Waals surface area contributed by atoms with Crippen LogP contribution in [0.5, 0.6) is 0 Å².